The SMILES string of the molecule is OC(c1ccccc1)[c-]1cccc1.OC(c1ccccc1)[c-]1cccc1.[Fe].[Fe].c1cc[c-](-[c-]2[cH-][cH-][cH-][cH-]2)c1. The molecule has 2 nitrogen and oxygen atoms in total. The maximum Gasteiger partial charge on any atom is 0.0602 e. The standard InChI is InChI=1S/2C12H11O.C10H8.2Fe/c2*13-12(11-8-4-5-9-11)10-6-2-1-3-7-10;1-2-6-9(5-1)10-7-3-4-8-10;;/h2*1-9,12-13H;1-8H;;/q2*-1;-6;;. The molecule has 38 heavy (non-hydrogen) atoms. The van der Waals surface area contributed by atoms with E-state index >= 15 is 0 Å². The van der Waals surface area contributed by atoms with Crippen molar-refractivity contribution in [1.29, 1.82) is 0 Å². The zero-order valence-corrected chi connectivity index (χ0v) is 23.0. The second-order valence-electron chi connectivity index (χ2n) is 8.41. The topological polar surface area (TPSA) is 40.5 Å². The van der Waals surface area contributed by atoms with Gasteiger partial charge in [-0.3, -0.25) is 0 Å². The molecule has 0 aliphatic heterocycles. The molecule has 0 aliphatic rings. The van der Waals surface area contributed by atoms with Crippen molar-refractivity contribution < 1.29 is 44.4 Å². The summed E-state index contributed by atoms with van der Waals surface area (Å²) >= 11 is 0. The molecule has 6 aromatic carbocycles. The van der Waals surface area contributed by atoms with Crippen molar-refractivity contribution in [1.82, 2.24) is 0 Å². The van der Waals surface area contributed by atoms with Crippen molar-refractivity contribution in [2.75, 3.05) is 0 Å². The Balaban J connectivity index is 0.000000197. The van der Waals surface area contributed by atoms with Gasteiger partial charge in [0.25, 0.3) is 0 Å². The summed E-state index contributed by atoms with van der Waals surface area (Å²) in [5, 5.41) is 19.8. The van der Waals surface area contributed by atoms with Crippen molar-refractivity contribution in [2.45, 2.75) is 12.2 Å². The van der Waals surface area contributed by atoms with Crippen molar-refractivity contribution in [3.8, 4) is 11.1 Å². The van der Waals surface area contributed by atoms with E-state index in [2.05, 4.69) is 48.5 Å². The predicted octanol–water partition coefficient (Wildman–Crippen LogP) is 7.76. The van der Waals surface area contributed by atoms with Gasteiger partial charge in [0, 0.05) is 34.1 Å². The van der Waals surface area contributed by atoms with Crippen LogP contribution in [0.5, 0.6) is 0 Å². The average Bonchev–Trinajstić information content (AvgIpc) is 3.76. The number of rotatable bonds is 5. The predicted molar refractivity (Wildman–Crippen MR) is 148 cm³/mol. The molecule has 6 aromatic rings. The summed E-state index contributed by atoms with van der Waals surface area (Å²) in [7, 11) is 0. The third-order valence-corrected chi connectivity index (χ3v) is 5.90. The minimum atomic E-state index is -0.490. The van der Waals surface area contributed by atoms with Gasteiger partial charge in [-0.2, -0.15) is 24.3 Å². The van der Waals surface area contributed by atoms with E-state index in [-0.39, 0.29) is 34.1 Å². The van der Waals surface area contributed by atoms with Gasteiger partial charge in [0.15, 0.2) is 0 Å². The van der Waals surface area contributed by atoms with E-state index in [0.29, 0.717) is 0 Å². The van der Waals surface area contributed by atoms with Crippen molar-refractivity contribution in [3.05, 3.63) is 180 Å². The van der Waals surface area contributed by atoms with E-state index in [4.69, 9.17) is 0 Å². The van der Waals surface area contributed by atoms with Crippen LogP contribution in [-0.2, 0) is 34.1 Å². The Morgan fingerprint density at radius 3 is 1.18 bits per heavy atom. The molecule has 6 rings (SSSR count). The van der Waals surface area contributed by atoms with Crippen LogP contribution < -0.4 is 0 Å². The smallest absolute Gasteiger partial charge is 0.0602 e. The van der Waals surface area contributed by atoms with Crippen LogP contribution in [0.25, 0.3) is 11.1 Å². The van der Waals surface area contributed by atoms with Crippen LogP contribution >= 0.6 is 0 Å². The van der Waals surface area contributed by atoms with Crippen LogP contribution in [-0.4, -0.2) is 10.2 Å². The molecule has 0 spiro atoms. The van der Waals surface area contributed by atoms with E-state index in [9.17, 15) is 10.2 Å². The molecule has 0 bridgehead atoms. The Morgan fingerprint density at radius 2 is 0.816 bits per heavy atom. The normalized spacial score (nSPS) is 11.3. The van der Waals surface area contributed by atoms with Gasteiger partial charge in [0.1, 0.15) is 0 Å². The third-order valence-electron chi connectivity index (χ3n) is 5.90. The Kier molecular flexibility index (Phi) is 13.6. The van der Waals surface area contributed by atoms with Crippen LogP contribution in [0, 0.1) is 0 Å². The van der Waals surface area contributed by atoms with E-state index < -0.39 is 12.2 Å². The Hall–Kier alpha value is -3.20. The van der Waals surface area contributed by atoms with Crippen LogP contribution in [0.4, 0.5) is 0 Å². The molecule has 0 saturated heterocycles. The maximum absolute atomic E-state index is 9.88. The molecule has 0 aliphatic carbocycles. The molecule has 2 N–H and O–H groups in total. The molecule has 0 aromatic heterocycles. The molecule has 0 radical (unpaired) electrons. The largest absolute Gasteiger partial charge is 0.565 e. The molecule has 0 amide bonds. The summed E-state index contributed by atoms with van der Waals surface area (Å²) in [6.45, 7) is 0. The van der Waals surface area contributed by atoms with Crippen molar-refractivity contribution in [3.63, 3.8) is 0 Å². The van der Waals surface area contributed by atoms with Crippen molar-refractivity contribution in [2.24, 2.45) is 0 Å². The Morgan fingerprint density at radius 1 is 0.474 bits per heavy atom. The Labute approximate surface area is 246 Å². The van der Waals surface area contributed by atoms with E-state index in [1.807, 2.05) is 109 Å². The fourth-order valence-corrected chi connectivity index (χ4v) is 3.93. The van der Waals surface area contributed by atoms with E-state index in [1.54, 1.807) is 0 Å². The van der Waals surface area contributed by atoms with Gasteiger partial charge in [0.05, 0.1) is 12.2 Å². The monoisotopic (exact) mass is 582 g/mol. The van der Waals surface area contributed by atoms with Gasteiger partial charge in [-0.15, -0.1) is 11.1 Å². The van der Waals surface area contributed by atoms with Crippen molar-refractivity contribution >= 4 is 0 Å². The number of aliphatic hydroxyl groups excluding tert-OH is 2. The summed E-state index contributed by atoms with van der Waals surface area (Å²) in [4.78, 5) is 0. The minimum Gasteiger partial charge on any atom is -0.565 e. The van der Waals surface area contributed by atoms with Crippen LogP contribution in [0.2, 0.25) is 0 Å². The van der Waals surface area contributed by atoms with Gasteiger partial charge in [0.2, 0.25) is 0 Å². The summed E-state index contributed by atoms with van der Waals surface area (Å²) in [5.41, 5.74) is 6.40. The van der Waals surface area contributed by atoms with E-state index in [0.717, 1.165) is 22.3 Å². The fraction of sp³-hybridized carbons (Fsp3) is 0.0588. The third kappa shape index (κ3) is 8.97. The number of benzene rings is 2. The summed E-state index contributed by atoms with van der Waals surface area (Å²) in [6.07, 6.45) is -0.979. The minimum absolute atomic E-state index is 0. The molecule has 4 heteroatoms. The molecular weight excluding hydrogens is 552 g/mol. The van der Waals surface area contributed by atoms with Crippen LogP contribution in [0.3, 0.4) is 0 Å². The molecule has 202 valence electrons. The first-order valence-corrected chi connectivity index (χ1v) is 12.1. The molecule has 0 fully saturated rings. The molecule has 0 heterocycles. The van der Waals surface area contributed by atoms with Crippen LogP contribution in [0.1, 0.15) is 34.5 Å². The number of hydrogen-bond donors (Lipinski definition) is 2. The summed E-state index contributed by atoms with van der Waals surface area (Å²) in [6, 6.07) is 51.5. The quantitative estimate of drug-likeness (QED) is 0.161. The second-order valence-corrected chi connectivity index (χ2v) is 8.41. The van der Waals surface area contributed by atoms with Gasteiger partial charge >= 0.3 is 0 Å². The first-order chi connectivity index (χ1) is 17.7. The maximum atomic E-state index is 9.88. The summed E-state index contributed by atoms with van der Waals surface area (Å²) in [5.74, 6) is 0. The zero-order valence-electron chi connectivity index (χ0n) is 20.8. The summed E-state index contributed by atoms with van der Waals surface area (Å²) < 4.78 is 0. The molecule has 0 saturated carbocycles. The molecule has 2 atom stereocenters. The Bertz CT molecular complexity index is 1210. The van der Waals surface area contributed by atoms with Gasteiger partial charge in [-0.25, -0.2) is 24.3 Å². The first-order valence-electron chi connectivity index (χ1n) is 12.1. The molecular formula is C34H30Fe2O2-8. The second kappa shape index (κ2) is 16.6. The average molecular weight is 582 g/mol. The van der Waals surface area contributed by atoms with Gasteiger partial charge in [-0.1, -0.05) is 60.7 Å². The van der Waals surface area contributed by atoms with Gasteiger partial charge < -0.3 is 69.9 Å². The zero-order chi connectivity index (χ0) is 25.0. The van der Waals surface area contributed by atoms with E-state index in [1.165, 1.54) is 11.1 Å². The number of aliphatic hydroxyl groups is 2. The molecule has 2 unspecified atom stereocenters. The fourth-order valence-electron chi connectivity index (χ4n) is 3.93. The van der Waals surface area contributed by atoms with Crippen LogP contribution in [0.15, 0.2) is 158 Å². The first kappa shape index (κ1) is 31.0. The van der Waals surface area contributed by atoms with Gasteiger partial charge in [-0.05, 0) is 11.1 Å². The number of hydrogen-bond acceptors (Lipinski definition) is 2.